The summed E-state index contributed by atoms with van der Waals surface area (Å²) in [5.74, 6) is 1.26. The summed E-state index contributed by atoms with van der Waals surface area (Å²) in [4.78, 5) is 27.8. The summed E-state index contributed by atoms with van der Waals surface area (Å²) in [5, 5.41) is 8.78. The monoisotopic (exact) mass is 267 g/mol. The van der Waals surface area contributed by atoms with E-state index in [0.29, 0.717) is 12.6 Å². The third-order valence-corrected chi connectivity index (χ3v) is 3.36. The molecule has 1 atom stereocenters. The molecule has 0 aliphatic carbocycles. The molecule has 1 N–H and O–H groups in total. The van der Waals surface area contributed by atoms with Crippen molar-refractivity contribution in [2.24, 2.45) is 0 Å². The number of terminal acetylenes is 1. The summed E-state index contributed by atoms with van der Waals surface area (Å²) in [7, 11) is 3.71. The zero-order valence-electron chi connectivity index (χ0n) is 11.5. The number of hydrogen-bond acceptors (Lipinski definition) is 3. The standard InChI is InChI=1S/C13H21N3O3/c1-4-7-16(10-12(17)18)13(19)15(3)9-11-6-5-8-14(11)2/h1,11H,5-10H2,2-3H3,(H,17,18). The van der Waals surface area contributed by atoms with Crippen molar-refractivity contribution >= 4 is 12.0 Å². The Labute approximate surface area is 114 Å². The number of urea groups is 1. The van der Waals surface area contributed by atoms with Crippen LogP contribution < -0.4 is 0 Å². The smallest absolute Gasteiger partial charge is 0.323 e. The van der Waals surface area contributed by atoms with Gasteiger partial charge in [-0.05, 0) is 26.4 Å². The highest BCUT2D eigenvalue weighted by Gasteiger charge is 2.26. The van der Waals surface area contributed by atoms with E-state index in [-0.39, 0.29) is 19.1 Å². The second-order valence-corrected chi connectivity index (χ2v) is 4.89. The van der Waals surface area contributed by atoms with Gasteiger partial charge in [0.15, 0.2) is 0 Å². The molecule has 1 rings (SSSR count). The Morgan fingerprint density at radius 1 is 1.53 bits per heavy atom. The molecule has 6 nitrogen and oxygen atoms in total. The Bertz CT molecular complexity index is 378. The predicted molar refractivity (Wildman–Crippen MR) is 71.7 cm³/mol. The number of likely N-dealkylation sites (N-methyl/N-ethyl adjacent to an activating group) is 2. The highest BCUT2D eigenvalue weighted by Crippen LogP contribution is 2.15. The number of carbonyl (C=O) groups is 2. The molecule has 1 unspecified atom stereocenters. The number of aliphatic carboxylic acids is 1. The Morgan fingerprint density at radius 2 is 2.21 bits per heavy atom. The summed E-state index contributed by atoms with van der Waals surface area (Å²) in [5.41, 5.74) is 0. The SMILES string of the molecule is C#CCN(CC(=O)O)C(=O)N(C)CC1CCCN1C. The van der Waals surface area contributed by atoms with Crippen LogP contribution >= 0.6 is 0 Å². The van der Waals surface area contributed by atoms with Gasteiger partial charge in [0, 0.05) is 19.6 Å². The highest BCUT2D eigenvalue weighted by atomic mass is 16.4. The van der Waals surface area contributed by atoms with E-state index in [0.717, 1.165) is 24.3 Å². The number of nitrogens with zero attached hydrogens (tertiary/aromatic N) is 3. The maximum Gasteiger partial charge on any atom is 0.323 e. The fourth-order valence-corrected chi connectivity index (χ4v) is 2.31. The molecule has 1 saturated heterocycles. The van der Waals surface area contributed by atoms with Crippen molar-refractivity contribution in [3.05, 3.63) is 0 Å². The molecule has 0 saturated carbocycles. The first kappa shape index (κ1) is 15.3. The van der Waals surface area contributed by atoms with Crippen molar-refractivity contribution in [2.75, 3.05) is 40.3 Å². The quantitative estimate of drug-likeness (QED) is 0.720. The van der Waals surface area contributed by atoms with Crippen LogP contribution in [-0.2, 0) is 4.79 Å². The number of carbonyl (C=O) groups excluding carboxylic acids is 1. The second kappa shape index (κ2) is 7.00. The lowest BCUT2D eigenvalue weighted by Gasteiger charge is -2.29. The number of likely N-dealkylation sites (tertiary alicyclic amines) is 1. The van der Waals surface area contributed by atoms with Crippen LogP contribution in [0.2, 0.25) is 0 Å². The Kier molecular flexibility index (Phi) is 5.64. The third-order valence-electron chi connectivity index (χ3n) is 3.36. The van der Waals surface area contributed by atoms with E-state index in [1.807, 2.05) is 7.05 Å². The molecule has 0 aromatic carbocycles. The van der Waals surface area contributed by atoms with Crippen LogP contribution in [0.3, 0.4) is 0 Å². The maximum absolute atomic E-state index is 12.1. The van der Waals surface area contributed by atoms with Gasteiger partial charge in [0.25, 0.3) is 0 Å². The molecule has 1 fully saturated rings. The van der Waals surface area contributed by atoms with E-state index in [4.69, 9.17) is 11.5 Å². The van der Waals surface area contributed by atoms with E-state index >= 15 is 0 Å². The molecule has 2 amide bonds. The lowest BCUT2D eigenvalue weighted by molar-refractivity contribution is -0.137. The van der Waals surface area contributed by atoms with Crippen molar-refractivity contribution in [3.63, 3.8) is 0 Å². The molecule has 6 heteroatoms. The van der Waals surface area contributed by atoms with Crippen molar-refractivity contribution in [2.45, 2.75) is 18.9 Å². The maximum atomic E-state index is 12.1. The highest BCUT2D eigenvalue weighted by molar-refractivity contribution is 5.80. The van der Waals surface area contributed by atoms with Gasteiger partial charge in [-0.2, -0.15) is 0 Å². The Balaban J connectivity index is 2.57. The average Bonchev–Trinajstić information content (AvgIpc) is 2.73. The lowest BCUT2D eigenvalue weighted by Crippen LogP contribution is -2.47. The fraction of sp³-hybridized carbons (Fsp3) is 0.692. The first-order chi connectivity index (χ1) is 8.95. The normalized spacial score (nSPS) is 18.9. The molecule has 0 bridgehead atoms. The van der Waals surface area contributed by atoms with Crippen LogP contribution in [0, 0.1) is 12.3 Å². The van der Waals surface area contributed by atoms with Crippen molar-refractivity contribution in [1.29, 1.82) is 0 Å². The summed E-state index contributed by atoms with van der Waals surface area (Å²) in [6.45, 7) is 1.27. The summed E-state index contributed by atoms with van der Waals surface area (Å²) >= 11 is 0. The molecule has 0 aromatic rings. The molecule has 1 aliphatic heterocycles. The molecular weight excluding hydrogens is 246 g/mol. The van der Waals surface area contributed by atoms with Crippen LogP contribution in [0.1, 0.15) is 12.8 Å². The van der Waals surface area contributed by atoms with Gasteiger partial charge in [-0.3, -0.25) is 4.79 Å². The van der Waals surface area contributed by atoms with Gasteiger partial charge in [0.05, 0.1) is 6.54 Å². The molecule has 1 aliphatic rings. The first-order valence-electron chi connectivity index (χ1n) is 6.31. The van der Waals surface area contributed by atoms with E-state index in [1.165, 1.54) is 0 Å². The summed E-state index contributed by atoms with van der Waals surface area (Å²) in [6, 6.07) is 0.00659. The number of hydrogen-bond donors (Lipinski definition) is 1. The lowest BCUT2D eigenvalue weighted by atomic mass is 10.2. The zero-order chi connectivity index (χ0) is 14.4. The largest absolute Gasteiger partial charge is 0.480 e. The topological polar surface area (TPSA) is 64.1 Å². The summed E-state index contributed by atoms with van der Waals surface area (Å²) < 4.78 is 0. The number of rotatable bonds is 5. The zero-order valence-corrected chi connectivity index (χ0v) is 11.5. The minimum atomic E-state index is -1.06. The molecular formula is C13H21N3O3. The van der Waals surface area contributed by atoms with E-state index in [2.05, 4.69) is 10.8 Å². The van der Waals surface area contributed by atoms with Crippen LogP contribution in [0.5, 0.6) is 0 Å². The number of carboxylic acids is 1. The van der Waals surface area contributed by atoms with Crippen molar-refractivity contribution < 1.29 is 14.7 Å². The van der Waals surface area contributed by atoms with E-state index < -0.39 is 5.97 Å². The molecule has 106 valence electrons. The minimum absolute atomic E-state index is 0.00990. The molecule has 0 radical (unpaired) electrons. The average molecular weight is 267 g/mol. The molecule has 0 aromatic heterocycles. The first-order valence-corrected chi connectivity index (χ1v) is 6.31. The van der Waals surface area contributed by atoms with Crippen LogP contribution in [-0.4, -0.2) is 78.1 Å². The van der Waals surface area contributed by atoms with Crippen LogP contribution in [0.15, 0.2) is 0 Å². The third kappa shape index (κ3) is 4.45. The van der Waals surface area contributed by atoms with Crippen molar-refractivity contribution in [3.8, 4) is 12.3 Å². The second-order valence-electron chi connectivity index (χ2n) is 4.89. The van der Waals surface area contributed by atoms with Gasteiger partial charge in [-0.1, -0.05) is 5.92 Å². The number of carboxylic acid groups (broad SMARTS) is 1. The Morgan fingerprint density at radius 3 is 2.68 bits per heavy atom. The molecule has 19 heavy (non-hydrogen) atoms. The van der Waals surface area contributed by atoms with Crippen LogP contribution in [0.4, 0.5) is 4.79 Å². The van der Waals surface area contributed by atoms with Gasteiger partial charge in [0.2, 0.25) is 0 Å². The van der Waals surface area contributed by atoms with Crippen molar-refractivity contribution in [1.82, 2.24) is 14.7 Å². The minimum Gasteiger partial charge on any atom is -0.480 e. The van der Waals surface area contributed by atoms with E-state index in [1.54, 1.807) is 11.9 Å². The van der Waals surface area contributed by atoms with E-state index in [9.17, 15) is 9.59 Å². The van der Waals surface area contributed by atoms with Gasteiger partial charge in [-0.25, -0.2) is 4.79 Å². The van der Waals surface area contributed by atoms with Gasteiger partial charge >= 0.3 is 12.0 Å². The van der Waals surface area contributed by atoms with Gasteiger partial charge in [0.1, 0.15) is 6.54 Å². The fourth-order valence-electron chi connectivity index (χ4n) is 2.31. The predicted octanol–water partition coefficient (Wildman–Crippen LogP) is 0.152. The van der Waals surface area contributed by atoms with Crippen LogP contribution in [0.25, 0.3) is 0 Å². The Hall–Kier alpha value is -1.74. The summed E-state index contributed by atoms with van der Waals surface area (Å²) in [6.07, 6.45) is 7.35. The van der Waals surface area contributed by atoms with Gasteiger partial charge in [-0.15, -0.1) is 6.42 Å². The molecule has 0 spiro atoms. The number of amides is 2. The molecule has 1 heterocycles. The van der Waals surface area contributed by atoms with Gasteiger partial charge < -0.3 is 19.8 Å².